The van der Waals surface area contributed by atoms with Gasteiger partial charge in [-0.05, 0) is 114 Å². The van der Waals surface area contributed by atoms with E-state index in [0.29, 0.717) is 18.3 Å². The summed E-state index contributed by atoms with van der Waals surface area (Å²) < 4.78 is 7.06. The van der Waals surface area contributed by atoms with E-state index < -0.39 is 22.2 Å². The number of carboxylic acids is 1. The number of aldehydes is 1. The lowest BCUT2D eigenvalue weighted by molar-refractivity contribution is -0.197. The van der Waals surface area contributed by atoms with Crippen molar-refractivity contribution in [3.05, 3.63) is 11.6 Å². The van der Waals surface area contributed by atoms with Crippen molar-refractivity contribution in [2.45, 2.75) is 110 Å². The maximum Gasteiger partial charge on any atom is 0.315 e. The van der Waals surface area contributed by atoms with Crippen molar-refractivity contribution < 1.29 is 19.4 Å². The largest absolute Gasteiger partial charge is 0.481 e. The number of carbonyl (C=O) groups is 2. The van der Waals surface area contributed by atoms with E-state index in [1.807, 2.05) is 0 Å². The van der Waals surface area contributed by atoms with Crippen molar-refractivity contribution >= 4 is 12.3 Å². The first-order valence-corrected chi connectivity index (χ1v) is 16.8. The van der Waals surface area contributed by atoms with Crippen LogP contribution >= 0.6 is 0 Å². The lowest BCUT2D eigenvalue weighted by Crippen LogP contribution is -2.65. The van der Waals surface area contributed by atoms with E-state index in [1.54, 1.807) is 0 Å². The summed E-state index contributed by atoms with van der Waals surface area (Å²) in [5.41, 5.74) is -1.36. The van der Waals surface area contributed by atoms with Gasteiger partial charge in [0.1, 0.15) is 11.7 Å². The molecule has 4 aliphatic carbocycles. The third kappa shape index (κ3) is 3.51. The van der Waals surface area contributed by atoms with Crippen LogP contribution in [0, 0.1) is 45.8 Å². The predicted molar refractivity (Wildman–Crippen MR) is 155 cm³/mol. The molecule has 0 aromatic rings. The Hall–Kier alpha value is -1.24. The number of ether oxygens (including phenoxy) is 1. The highest BCUT2D eigenvalue weighted by Crippen LogP contribution is 2.84. The van der Waals surface area contributed by atoms with Crippen molar-refractivity contribution in [1.82, 2.24) is 9.80 Å². The van der Waals surface area contributed by atoms with Crippen LogP contribution in [0.15, 0.2) is 11.6 Å². The number of hydrogen-bond acceptors (Lipinski definition) is 5. The molecule has 0 spiro atoms. The first-order valence-electron chi connectivity index (χ1n) is 16.8. The van der Waals surface area contributed by atoms with Crippen molar-refractivity contribution in [3.63, 3.8) is 0 Å². The Morgan fingerprint density at radius 1 is 1.05 bits per heavy atom. The van der Waals surface area contributed by atoms with E-state index in [2.05, 4.69) is 36.6 Å². The highest BCUT2D eigenvalue weighted by Gasteiger charge is 2.86. The van der Waals surface area contributed by atoms with Gasteiger partial charge in [0.25, 0.3) is 0 Å². The molecule has 6 unspecified atom stereocenters. The SMILES string of the molecule is CC(C)C1=CC2CC3(C=O)[C@@H]4CC[C@@H](C)[C@H]4CC2(C2CCC(CN4CCC(N5CCCCC5)CC4)O2)C13C(=O)O. The van der Waals surface area contributed by atoms with Crippen LogP contribution in [0.3, 0.4) is 0 Å². The number of aliphatic carboxylic acids is 1. The number of allylic oxidation sites excluding steroid dienone is 1. The standard InChI is InChI=1S/C34H52N2O4/c1-22(2)29-17-24-18-32(21-37)28-9-7-23(3)27(28)19-33(24,34(29,32)31(38)39)30-10-8-26(40-30)20-35-15-11-25(12-16-35)36-13-5-4-6-14-36/h17,21-28,30H,4-16,18-20H2,1-3H3,(H,38,39)/t23-,24?,26?,27-,28-,30?,32?,33?,34?/m1/s1. The van der Waals surface area contributed by atoms with Crippen molar-refractivity contribution in [1.29, 1.82) is 0 Å². The zero-order valence-electron chi connectivity index (χ0n) is 25.2. The topological polar surface area (TPSA) is 70.1 Å². The first-order chi connectivity index (χ1) is 19.3. The minimum Gasteiger partial charge on any atom is -0.481 e. The predicted octanol–water partition coefficient (Wildman–Crippen LogP) is 5.41. The van der Waals surface area contributed by atoms with Gasteiger partial charge < -0.3 is 24.4 Å². The lowest BCUT2D eigenvalue weighted by atomic mass is 9.41. The van der Waals surface area contributed by atoms with Gasteiger partial charge in [0, 0.05) is 18.0 Å². The molecule has 40 heavy (non-hydrogen) atoms. The number of nitrogens with zero attached hydrogens (tertiary/aromatic N) is 2. The van der Waals surface area contributed by atoms with Gasteiger partial charge in [0.15, 0.2) is 0 Å². The number of rotatable bonds is 7. The lowest BCUT2D eigenvalue weighted by Gasteiger charge is -2.60. The zero-order chi connectivity index (χ0) is 27.9. The average molecular weight is 553 g/mol. The smallest absolute Gasteiger partial charge is 0.315 e. The number of likely N-dealkylation sites (tertiary alicyclic amines) is 2. The molecule has 1 N–H and O–H groups in total. The molecule has 0 aromatic carbocycles. The van der Waals surface area contributed by atoms with Gasteiger partial charge >= 0.3 is 5.97 Å². The number of carbonyl (C=O) groups excluding carboxylic acids is 1. The minimum absolute atomic E-state index is 0.0763. The molecule has 7 aliphatic rings. The fourth-order valence-electron chi connectivity index (χ4n) is 12.1. The number of hydrogen-bond donors (Lipinski definition) is 1. The van der Waals surface area contributed by atoms with Crippen LogP contribution in [-0.4, -0.2) is 78.1 Å². The summed E-state index contributed by atoms with van der Waals surface area (Å²) in [6.45, 7) is 12.4. The molecule has 6 fully saturated rings. The Bertz CT molecular complexity index is 1040. The van der Waals surface area contributed by atoms with Gasteiger partial charge in [-0.3, -0.25) is 4.79 Å². The maximum absolute atomic E-state index is 13.8. The normalized spacial score (nSPS) is 47.5. The quantitative estimate of drug-likeness (QED) is 0.337. The summed E-state index contributed by atoms with van der Waals surface area (Å²) in [5.74, 6) is 0.675. The fourth-order valence-corrected chi connectivity index (χ4v) is 12.1. The highest BCUT2D eigenvalue weighted by atomic mass is 16.5. The number of fused-ring (bicyclic) bond motifs is 2. The van der Waals surface area contributed by atoms with Gasteiger partial charge in [0.2, 0.25) is 0 Å². The molecule has 4 bridgehead atoms. The average Bonchev–Trinajstić information content (AvgIpc) is 3.69. The van der Waals surface area contributed by atoms with Crippen molar-refractivity contribution in [2.75, 3.05) is 32.7 Å². The second-order valence-electron chi connectivity index (χ2n) is 15.3. The second kappa shape index (κ2) is 9.91. The number of piperidine rings is 2. The van der Waals surface area contributed by atoms with E-state index in [9.17, 15) is 14.7 Å². The highest BCUT2D eigenvalue weighted by molar-refractivity contribution is 5.90. The molecule has 3 heterocycles. The Morgan fingerprint density at radius 3 is 2.48 bits per heavy atom. The molecule has 6 nitrogen and oxygen atoms in total. The van der Waals surface area contributed by atoms with E-state index in [4.69, 9.17) is 4.74 Å². The summed E-state index contributed by atoms with van der Waals surface area (Å²) >= 11 is 0. The monoisotopic (exact) mass is 552 g/mol. The molecule has 6 heteroatoms. The summed E-state index contributed by atoms with van der Waals surface area (Å²) in [4.78, 5) is 32.5. The Kier molecular flexibility index (Phi) is 6.83. The third-order valence-electron chi connectivity index (χ3n) is 13.6. The third-order valence-corrected chi connectivity index (χ3v) is 13.6. The summed E-state index contributed by atoms with van der Waals surface area (Å²) in [6.07, 6.45) is 15.9. The first kappa shape index (κ1) is 27.6. The van der Waals surface area contributed by atoms with Gasteiger partial charge in [-0.1, -0.05) is 45.3 Å². The Morgan fingerprint density at radius 2 is 1.80 bits per heavy atom. The Balaban J connectivity index is 1.14. The van der Waals surface area contributed by atoms with E-state index in [1.165, 1.54) is 45.2 Å². The molecular weight excluding hydrogens is 500 g/mol. The van der Waals surface area contributed by atoms with Crippen LogP contribution in [0.25, 0.3) is 0 Å². The van der Waals surface area contributed by atoms with Gasteiger partial charge in [-0.2, -0.15) is 0 Å². The molecule has 0 amide bonds. The van der Waals surface area contributed by atoms with Gasteiger partial charge in [-0.25, -0.2) is 0 Å². The molecule has 0 aromatic heterocycles. The molecule has 3 aliphatic heterocycles. The van der Waals surface area contributed by atoms with Crippen LogP contribution < -0.4 is 0 Å². The number of carboxylic acid groups (broad SMARTS) is 1. The van der Waals surface area contributed by atoms with Gasteiger partial charge in [0.05, 0.1) is 17.6 Å². The maximum atomic E-state index is 13.8. The molecule has 0 radical (unpaired) electrons. The molecular formula is C34H52N2O4. The molecule has 222 valence electrons. The summed E-state index contributed by atoms with van der Waals surface area (Å²) in [5, 5.41) is 11.3. The summed E-state index contributed by atoms with van der Waals surface area (Å²) in [7, 11) is 0. The zero-order valence-corrected chi connectivity index (χ0v) is 25.2. The van der Waals surface area contributed by atoms with E-state index in [-0.39, 0.29) is 30.0 Å². The van der Waals surface area contributed by atoms with Crippen LogP contribution in [0.5, 0.6) is 0 Å². The molecule has 3 saturated carbocycles. The van der Waals surface area contributed by atoms with E-state index in [0.717, 1.165) is 69.6 Å². The molecule has 7 rings (SSSR count). The summed E-state index contributed by atoms with van der Waals surface area (Å²) in [6, 6.07) is 0.748. The molecule has 9 atom stereocenters. The van der Waals surface area contributed by atoms with Crippen LogP contribution in [0.2, 0.25) is 0 Å². The van der Waals surface area contributed by atoms with Crippen molar-refractivity contribution in [3.8, 4) is 0 Å². The molecule has 3 saturated heterocycles. The van der Waals surface area contributed by atoms with E-state index >= 15 is 0 Å². The fraction of sp³-hybridized carbons (Fsp3) is 0.882. The van der Waals surface area contributed by atoms with Gasteiger partial charge in [-0.15, -0.1) is 0 Å². The Labute approximate surface area is 241 Å². The second-order valence-corrected chi connectivity index (χ2v) is 15.3. The van der Waals surface area contributed by atoms with Crippen molar-refractivity contribution in [2.24, 2.45) is 45.8 Å². The minimum atomic E-state index is -1.11. The van der Waals surface area contributed by atoms with Crippen LogP contribution in [-0.2, 0) is 14.3 Å². The van der Waals surface area contributed by atoms with Crippen LogP contribution in [0.1, 0.15) is 91.4 Å². The van der Waals surface area contributed by atoms with Crippen LogP contribution in [0.4, 0.5) is 0 Å².